The molecule has 3 aromatic rings. The van der Waals surface area contributed by atoms with Gasteiger partial charge in [0.05, 0.1) is 11.6 Å². The lowest BCUT2D eigenvalue weighted by Gasteiger charge is -2.28. The van der Waals surface area contributed by atoms with Crippen LogP contribution in [0.1, 0.15) is 47.2 Å². The largest absolute Gasteiger partial charge is 0.417 e. The van der Waals surface area contributed by atoms with Crippen LogP contribution in [0.15, 0.2) is 36.7 Å². The Labute approximate surface area is 171 Å². The Morgan fingerprint density at radius 1 is 1.17 bits per heavy atom. The van der Waals surface area contributed by atoms with Crippen LogP contribution >= 0.6 is 0 Å². The molecule has 1 saturated heterocycles. The zero-order chi connectivity index (χ0) is 21.5. The SMILES string of the molecule is Cc1cccc(-n2ccnc2[C@@H]2CCCN2c2nc(C)cc(C(F)(F)F)c2C#N)n1. The molecule has 0 saturated carbocycles. The van der Waals surface area contributed by atoms with Gasteiger partial charge in [-0.3, -0.25) is 4.57 Å². The first-order valence-corrected chi connectivity index (χ1v) is 9.52. The first-order chi connectivity index (χ1) is 14.3. The normalized spacial score (nSPS) is 16.7. The maximum Gasteiger partial charge on any atom is 0.417 e. The summed E-state index contributed by atoms with van der Waals surface area (Å²) in [7, 11) is 0. The van der Waals surface area contributed by atoms with E-state index in [0.717, 1.165) is 18.2 Å². The van der Waals surface area contributed by atoms with E-state index in [1.807, 2.05) is 29.7 Å². The van der Waals surface area contributed by atoms with Crippen molar-refractivity contribution in [3.05, 3.63) is 65.0 Å². The standard InChI is InChI=1S/C21H19F3N6/c1-13-5-3-7-18(27-13)30-10-8-26-20(30)17-6-4-9-29(17)19-15(12-25)16(21(22,23)24)11-14(2)28-19/h3,5,7-8,10-11,17H,4,6,9H2,1-2H3/t17-/m0/s1. The van der Waals surface area contributed by atoms with Gasteiger partial charge in [0.1, 0.15) is 29.1 Å². The van der Waals surface area contributed by atoms with Crippen LogP contribution in [-0.4, -0.2) is 26.1 Å². The Bertz CT molecular complexity index is 1130. The number of nitrogens with zero attached hydrogens (tertiary/aromatic N) is 6. The minimum Gasteiger partial charge on any atom is -0.345 e. The van der Waals surface area contributed by atoms with Crippen LogP contribution in [0.3, 0.4) is 0 Å². The second-order valence-electron chi connectivity index (χ2n) is 7.26. The second kappa shape index (κ2) is 7.44. The summed E-state index contributed by atoms with van der Waals surface area (Å²) in [5, 5.41) is 9.55. The first kappa shape index (κ1) is 19.9. The first-order valence-electron chi connectivity index (χ1n) is 9.52. The lowest BCUT2D eigenvalue weighted by atomic mass is 10.1. The Balaban J connectivity index is 1.82. The quantitative estimate of drug-likeness (QED) is 0.633. The van der Waals surface area contributed by atoms with Crippen LogP contribution in [0, 0.1) is 25.2 Å². The average molecular weight is 412 g/mol. The van der Waals surface area contributed by atoms with Gasteiger partial charge < -0.3 is 4.90 Å². The summed E-state index contributed by atoms with van der Waals surface area (Å²) in [6.07, 6.45) is 0.230. The number of nitriles is 1. The molecule has 30 heavy (non-hydrogen) atoms. The molecule has 0 spiro atoms. The van der Waals surface area contributed by atoms with Crippen LogP contribution in [0.4, 0.5) is 19.0 Å². The van der Waals surface area contributed by atoms with E-state index in [1.54, 1.807) is 23.4 Å². The fraction of sp³-hybridized carbons (Fsp3) is 0.333. The summed E-state index contributed by atoms with van der Waals surface area (Å²) < 4.78 is 42.5. The molecule has 0 unspecified atom stereocenters. The molecule has 1 aliphatic rings. The number of hydrogen-bond donors (Lipinski definition) is 0. The molecule has 1 fully saturated rings. The van der Waals surface area contributed by atoms with Crippen molar-refractivity contribution in [3.63, 3.8) is 0 Å². The Kier molecular flexibility index (Phi) is 4.94. The number of pyridine rings is 2. The Morgan fingerprint density at radius 3 is 2.67 bits per heavy atom. The molecule has 3 aromatic heterocycles. The summed E-state index contributed by atoms with van der Waals surface area (Å²) in [5.41, 5.74) is -0.350. The predicted molar refractivity (Wildman–Crippen MR) is 104 cm³/mol. The van der Waals surface area contributed by atoms with E-state index < -0.39 is 17.3 Å². The van der Waals surface area contributed by atoms with Crippen molar-refractivity contribution in [2.75, 3.05) is 11.4 Å². The zero-order valence-electron chi connectivity index (χ0n) is 16.5. The topological polar surface area (TPSA) is 70.6 Å². The minimum atomic E-state index is -4.63. The summed E-state index contributed by atoms with van der Waals surface area (Å²) in [6.45, 7) is 3.88. The molecule has 0 N–H and O–H groups in total. The van der Waals surface area contributed by atoms with Crippen molar-refractivity contribution in [1.29, 1.82) is 5.26 Å². The van der Waals surface area contributed by atoms with E-state index in [9.17, 15) is 18.4 Å². The monoisotopic (exact) mass is 412 g/mol. The second-order valence-corrected chi connectivity index (χ2v) is 7.26. The molecular formula is C21H19F3N6. The molecule has 6 nitrogen and oxygen atoms in total. The predicted octanol–water partition coefficient (Wildman–Crippen LogP) is 4.51. The molecule has 0 aromatic carbocycles. The van der Waals surface area contributed by atoms with Crippen LogP contribution in [-0.2, 0) is 6.18 Å². The molecule has 0 aliphatic carbocycles. The molecule has 1 atom stereocenters. The third-order valence-electron chi connectivity index (χ3n) is 5.16. The molecule has 0 radical (unpaired) electrons. The zero-order valence-corrected chi connectivity index (χ0v) is 16.5. The van der Waals surface area contributed by atoms with Crippen molar-refractivity contribution >= 4 is 5.82 Å². The van der Waals surface area contributed by atoms with Crippen LogP contribution < -0.4 is 4.90 Å². The summed E-state index contributed by atoms with van der Waals surface area (Å²) in [5.74, 6) is 1.40. The number of aryl methyl sites for hydroxylation is 2. The number of anilines is 1. The van der Waals surface area contributed by atoms with Gasteiger partial charge in [-0.15, -0.1) is 0 Å². The molecule has 4 rings (SSSR count). The molecule has 1 aliphatic heterocycles. The van der Waals surface area contributed by atoms with Gasteiger partial charge in [-0.2, -0.15) is 18.4 Å². The fourth-order valence-corrected chi connectivity index (χ4v) is 3.91. The van der Waals surface area contributed by atoms with Gasteiger partial charge in [0.15, 0.2) is 0 Å². The van der Waals surface area contributed by atoms with Crippen molar-refractivity contribution in [3.8, 4) is 11.9 Å². The Hall–Kier alpha value is -3.41. The fourth-order valence-electron chi connectivity index (χ4n) is 3.91. The third-order valence-corrected chi connectivity index (χ3v) is 5.16. The lowest BCUT2D eigenvalue weighted by molar-refractivity contribution is -0.137. The van der Waals surface area contributed by atoms with Crippen LogP contribution in [0.25, 0.3) is 5.82 Å². The van der Waals surface area contributed by atoms with Crippen LogP contribution in [0.5, 0.6) is 0 Å². The minimum absolute atomic E-state index is 0.0547. The Morgan fingerprint density at radius 2 is 1.97 bits per heavy atom. The van der Waals surface area contributed by atoms with E-state index in [4.69, 9.17) is 0 Å². The highest BCUT2D eigenvalue weighted by atomic mass is 19.4. The van der Waals surface area contributed by atoms with Crippen LogP contribution in [0.2, 0.25) is 0 Å². The highest BCUT2D eigenvalue weighted by molar-refractivity contribution is 5.60. The van der Waals surface area contributed by atoms with Crippen molar-refractivity contribution in [2.45, 2.75) is 38.9 Å². The lowest BCUT2D eigenvalue weighted by Crippen LogP contribution is -2.28. The van der Waals surface area contributed by atoms with E-state index in [2.05, 4.69) is 15.0 Å². The number of aromatic nitrogens is 4. The summed E-state index contributed by atoms with van der Waals surface area (Å²) >= 11 is 0. The van der Waals surface area contributed by atoms with Gasteiger partial charge in [-0.25, -0.2) is 15.0 Å². The number of imidazole rings is 1. The van der Waals surface area contributed by atoms with E-state index in [-0.39, 0.29) is 17.6 Å². The van der Waals surface area contributed by atoms with Crippen molar-refractivity contribution in [2.24, 2.45) is 0 Å². The van der Waals surface area contributed by atoms with Gasteiger partial charge in [0, 0.05) is 30.3 Å². The smallest absolute Gasteiger partial charge is 0.345 e. The van der Waals surface area contributed by atoms with Crippen molar-refractivity contribution < 1.29 is 13.2 Å². The van der Waals surface area contributed by atoms with E-state index in [0.29, 0.717) is 24.6 Å². The van der Waals surface area contributed by atoms with E-state index in [1.165, 1.54) is 6.92 Å². The molecule has 154 valence electrons. The third kappa shape index (κ3) is 3.49. The van der Waals surface area contributed by atoms with E-state index >= 15 is 0 Å². The highest BCUT2D eigenvalue weighted by Gasteiger charge is 2.39. The highest BCUT2D eigenvalue weighted by Crippen LogP contribution is 2.41. The molecule has 4 heterocycles. The van der Waals surface area contributed by atoms with Gasteiger partial charge in [-0.05, 0) is 44.9 Å². The van der Waals surface area contributed by atoms with Gasteiger partial charge in [0.25, 0.3) is 0 Å². The molecule has 0 bridgehead atoms. The van der Waals surface area contributed by atoms with Crippen molar-refractivity contribution in [1.82, 2.24) is 19.5 Å². The number of rotatable bonds is 3. The van der Waals surface area contributed by atoms with Gasteiger partial charge in [0.2, 0.25) is 0 Å². The average Bonchev–Trinajstić information content (AvgIpc) is 3.35. The number of hydrogen-bond acceptors (Lipinski definition) is 5. The maximum absolute atomic E-state index is 13.6. The summed E-state index contributed by atoms with van der Waals surface area (Å²) in [4.78, 5) is 15.1. The van der Waals surface area contributed by atoms with Gasteiger partial charge in [-0.1, -0.05) is 6.07 Å². The molecular weight excluding hydrogens is 393 g/mol. The number of halogens is 3. The van der Waals surface area contributed by atoms with Gasteiger partial charge >= 0.3 is 6.18 Å². The summed E-state index contributed by atoms with van der Waals surface area (Å²) in [6, 6.07) is 7.96. The number of alkyl halides is 3. The molecule has 9 heteroatoms. The molecule has 0 amide bonds. The maximum atomic E-state index is 13.6.